The van der Waals surface area contributed by atoms with E-state index in [0.29, 0.717) is 11.8 Å². The van der Waals surface area contributed by atoms with E-state index in [-0.39, 0.29) is 0 Å². The normalized spacial score (nSPS) is 43.9. The van der Waals surface area contributed by atoms with Gasteiger partial charge in [0.15, 0.2) is 0 Å². The van der Waals surface area contributed by atoms with Gasteiger partial charge in [-0.2, -0.15) is 0 Å². The van der Waals surface area contributed by atoms with Gasteiger partial charge in [0.1, 0.15) is 0 Å². The van der Waals surface area contributed by atoms with Crippen molar-refractivity contribution in [3.63, 3.8) is 0 Å². The van der Waals surface area contributed by atoms with Crippen LogP contribution in [0.25, 0.3) is 0 Å². The molecule has 20 heavy (non-hydrogen) atoms. The lowest BCUT2D eigenvalue weighted by Crippen LogP contribution is -2.39. The lowest BCUT2D eigenvalue weighted by Gasteiger charge is -2.39. The highest BCUT2D eigenvalue weighted by Crippen LogP contribution is 2.62. The zero-order valence-electron chi connectivity index (χ0n) is 12.3. The number of hydrogen-bond acceptors (Lipinski definition) is 1. The molecule has 1 nitrogen and oxygen atoms in total. The molecule has 0 amide bonds. The second-order valence-corrected chi connectivity index (χ2v) is 7.30. The van der Waals surface area contributed by atoms with Crippen molar-refractivity contribution in [1.29, 1.82) is 0 Å². The van der Waals surface area contributed by atoms with Crippen molar-refractivity contribution < 1.29 is 5.11 Å². The predicted molar refractivity (Wildman–Crippen MR) is 81.2 cm³/mol. The zero-order valence-corrected chi connectivity index (χ0v) is 12.3. The van der Waals surface area contributed by atoms with E-state index in [9.17, 15) is 5.11 Å². The molecule has 0 aromatic heterocycles. The average Bonchev–Trinajstić information content (AvgIpc) is 2.80. The Hall–Kier alpha value is -0.820. The Morgan fingerprint density at radius 2 is 1.25 bits per heavy atom. The first kappa shape index (κ1) is 12.9. The SMILES string of the molecule is OC1(c2ccccc2)C2CCCCC2C2CCCCC21. The van der Waals surface area contributed by atoms with Crippen LogP contribution in [0.15, 0.2) is 30.3 Å². The summed E-state index contributed by atoms with van der Waals surface area (Å²) in [6.45, 7) is 0. The minimum Gasteiger partial charge on any atom is -0.385 e. The van der Waals surface area contributed by atoms with Gasteiger partial charge in [0.25, 0.3) is 0 Å². The van der Waals surface area contributed by atoms with Crippen molar-refractivity contribution in [3.8, 4) is 0 Å². The van der Waals surface area contributed by atoms with Gasteiger partial charge in [0.2, 0.25) is 0 Å². The molecule has 1 N–H and O–H groups in total. The first-order valence-corrected chi connectivity index (χ1v) is 8.59. The molecular formula is C19H26O. The van der Waals surface area contributed by atoms with E-state index in [1.807, 2.05) is 0 Å². The van der Waals surface area contributed by atoms with Crippen LogP contribution in [0.4, 0.5) is 0 Å². The molecule has 0 bridgehead atoms. The van der Waals surface area contributed by atoms with Gasteiger partial charge in [-0.1, -0.05) is 56.0 Å². The van der Waals surface area contributed by atoms with Crippen molar-refractivity contribution in [3.05, 3.63) is 35.9 Å². The van der Waals surface area contributed by atoms with Crippen LogP contribution in [0.2, 0.25) is 0 Å². The monoisotopic (exact) mass is 270 g/mol. The summed E-state index contributed by atoms with van der Waals surface area (Å²) < 4.78 is 0. The standard InChI is InChI=1S/C19H26O/c20-19(14-8-2-1-3-9-14)17-12-6-4-10-15(17)16-11-5-7-13-18(16)19/h1-3,8-9,15-18,20H,4-7,10-13H2. The molecule has 3 saturated carbocycles. The Kier molecular flexibility index (Phi) is 3.14. The minimum atomic E-state index is -0.530. The highest BCUT2D eigenvalue weighted by atomic mass is 16.3. The second kappa shape index (κ2) is 4.87. The van der Waals surface area contributed by atoms with Crippen LogP contribution in [0.5, 0.6) is 0 Å². The van der Waals surface area contributed by atoms with Crippen molar-refractivity contribution in [2.24, 2.45) is 23.7 Å². The highest BCUT2D eigenvalue weighted by molar-refractivity contribution is 5.28. The van der Waals surface area contributed by atoms with Crippen LogP contribution in [0.1, 0.15) is 56.9 Å². The van der Waals surface area contributed by atoms with Crippen LogP contribution in [0, 0.1) is 23.7 Å². The summed E-state index contributed by atoms with van der Waals surface area (Å²) >= 11 is 0. The lowest BCUT2D eigenvalue weighted by atomic mass is 9.71. The number of benzene rings is 1. The molecule has 3 aliphatic carbocycles. The highest BCUT2D eigenvalue weighted by Gasteiger charge is 2.59. The number of fused-ring (bicyclic) bond motifs is 3. The summed E-state index contributed by atoms with van der Waals surface area (Å²) in [4.78, 5) is 0. The Bertz CT molecular complexity index is 444. The van der Waals surface area contributed by atoms with Gasteiger partial charge in [0, 0.05) is 0 Å². The molecule has 1 heteroatoms. The van der Waals surface area contributed by atoms with Crippen LogP contribution in [-0.4, -0.2) is 5.11 Å². The largest absolute Gasteiger partial charge is 0.385 e. The number of hydrogen-bond donors (Lipinski definition) is 1. The van der Waals surface area contributed by atoms with Gasteiger partial charge in [-0.3, -0.25) is 0 Å². The number of aliphatic hydroxyl groups is 1. The van der Waals surface area contributed by atoms with Crippen LogP contribution >= 0.6 is 0 Å². The fourth-order valence-corrected chi connectivity index (χ4v) is 5.85. The van der Waals surface area contributed by atoms with E-state index in [1.165, 1.54) is 56.9 Å². The van der Waals surface area contributed by atoms with E-state index in [2.05, 4.69) is 30.3 Å². The second-order valence-electron chi connectivity index (χ2n) is 7.30. The molecule has 0 spiro atoms. The maximum atomic E-state index is 11.8. The van der Waals surface area contributed by atoms with E-state index in [4.69, 9.17) is 0 Å². The quantitative estimate of drug-likeness (QED) is 0.796. The van der Waals surface area contributed by atoms with Crippen molar-refractivity contribution in [2.75, 3.05) is 0 Å². The Morgan fingerprint density at radius 1 is 0.750 bits per heavy atom. The maximum absolute atomic E-state index is 11.8. The Labute approximate surface area is 122 Å². The van der Waals surface area contributed by atoms with Crippen LogP contribution < -0.4 is 0 Å². The summed E-state index contributed by atoms with van der Waals surface area (Å²) in [6.07, 6.45) is 10.6. The topological polar surface area (TPSA) is 20.2 Å². The van der Waals surface area contributed by atoms with Gasteiger partial charge >= 0.3 is 0 Å². The number of rotatable bonds is 1. The third kappa shape index (κ3) is 1.72. The van der Waals surface area contributed by atoms with E-state index < -0.39 is 5.60 Å². The fourth-order valence-electron chi connectivity index (χ4n) is 5.85. The molecule has 1 aromatic rings. The average molecular weight is 270 g/mol. The third-order valence-corrected chi connectivity index (χ3v) is 6.56. The van der Waals surface area contributed by atoms with Gasteiger partial charge in [0.05, 0.1) is 5.60 Å². The molecule has 108 valence electrons. The zero-order chi connectivity index (χ0) is 13.6. The van der Waals surface area contributed by atoms with Gasteiger partial charge in [-0.05, 0) is 54.9 Å². The van der Waals surface area contributed by atoms with Gasteiger partial charge < -0.3 is 5.11 Å². The minimum absolute atomic E-state index is 0.520. The first-order valence-electron chi connectivity index (χ1n) is 8.59. The molecular weight excluding hydrogens is 244 g/mol. The molecule has 4 rings (SSSR count). The molecule has 3 fully saturated rings. The van der Waals surface area contributed by atoms with Crippen molar-refractivity contribution in [1.82, 2.24) is 0 Å². The lowest BCUT2D eigenvalue weighted by molar-refractivity contribution is -0.0650. The van der Waals surface area contributed by atoms with Crippen LogP contribution in [0.3, 0.4) is 0 Å². The molecule has 0 aliphatic heterocycles. The van der Waals surface area contributed by atoms with E-state index in [0.717, 1.165) is 11.8 Å². The summed E-state index contributed by atoms with van der Waals surface area (Å²) in [6, 6.07) is 10.6. The molecule has 0 radical (unpaired) electrons. The molecule has 4 atom stereocenters. The molecule has 4 unspecified atom stereocenters. The Balaban J connectivity index is 1.79. The first-order chi connectivity index (χ1) is 9.82. The van der Waals surface area contributed by atoms with Gasteiger partial charge in [-0.15, -0.1) is 0 Å². The smallest absolute Gasteiger partial charge is 0.0958 e. The Morgan fingerprint density at radius 3 is 1.80 bits per heavy atom. The third-order valence-electron chi connectivity index (χ3n) is 6.56. The summed E-state index contributed by atoms with van der Waals surface area (Å²) in [5, 5.41) is 11.8. The molecule has 3 aliphatic rings. The van der Waals surface area contributed by atoms with E-state index in [1.54, 1.807) is 0 Å². The van der Waals surface area contributed by atoms with Gasteiger partial charge in [-0.25, -0.2) is 0 Å². The van der Waals surface area contributed by atoms with Crippen molar-refractivity contribution in [2.45, 2.75) is 57.0 Å². The maximum Gasteiger partial charge on any atom is 0.0958 e. The van der Waals surface area contributed by atoms with Crippen molar-refractivity contribution >= 4 is 0 Å². The van der Waals surface area contributed by atoms with E-state index >= 15 is 0 Å². The molecule has 0 saturated heterocycles. The predicted octanol–water partition coefficient (Wildman–Crippen LogP) is 4.50. The molecule has 1 aromatic carbocycles. The summed E-state index contributed by atoms with van der Waals surface area (Å²) in [5.41, 5.74) is 0.670. The fraction of sp³-hybridized carbons (Fsp3) is 0.684. The summed E-state index contributed by atoms with van der Waals surface area (Å²) in [7, 11) is 0. The summed E-state index contributed by atoms with van der Waals surface area (Å²) in [5.74, 6) is 2.62. The van der Waals surface area contributed by atoms with Crippen LogP contribution in [-0.2, 0) is 5.60 Å². The molecule has 0 heterocycles.